The summed E-state index contributed by atoms with van der Waals surface area (Å²) >= 11 is 5.93. The molecule has 8 heteroatoms. The Balaban J connectivity index is 2.30. The van der Waals surface area contributed by atoms with E-state index >= 15 is 0 Å². The molecule has 0 aliphatic carbocycles. The van der Waals surface area contributed by atoms with Crippen LogP contribution in [0.15, 0.2) is 23.1 Å². The van der Waals surface area contributed by atoms with Gasteiger partial charge in [-0.3, -0.25) is 0 Å². The lowest BCUT2D eigenvalue weighted by molar-refractivity contribution is 0.431. The number of hydrogen-bond acceptors (Lipinski definition) is 4. The van der Waals surface area contributed by atoms with Gasteiger partial charge in [0.1, 0.15) is 0 Å². The highest BCUT2D eigenvalue weighted by Crippen LogP contribution is 2.23. The standard InChI is InChI=1S/C11H14ClNO4S2/c1-9-2-3-10(8-11(9)12)19(16,17)13-4-6-18(14,15)7-5-13/h2-3,8H,4-7H2,1H3. The van der Waals surface area contributed by atoms with Crippen molar-refractivity contribution in [2.75, 3.05) is 24.6 Å². The second-order valence-corrected chi connectivity index (χ2v) is 9.12. The Hall–Kier alpha value is -0.630. The molecule has 19 heavy (non-hydrogen) atoms. The highest BCUT2D eigenvalue weighted by Gasteiger charge is 2.31. The zero-order valence-corrected chi connectivity index (χ0v) is 12.7. The van der Waals surface area contributed by atoms with Crippen LogP contribution < -0.4 is 0 Å². The third kappa shape index (κ3) is 3.10. The lowest BCUT2D eigenvalue weighted by Gasteiger charge is -2.26. The average molecular weight is 324 g/mol. The molecule has 1 fully saturated rings. The summed E-state index contributed by atoms with van der Waals surface area (Å²) in [5, 5.41) is 0.380. The Bertz CT molecular complexity index is 683. The summed E-state index contributed by atoms with van der Waals surface area (Å²) in [7, 11) is -6.77. The molecule has 5 nitrogen and oxygen atoms in total. The summed E-state index contributed by atoms with van der Waals surface area (Å²) in [6, 6.07) is 4.52. The van der Waals surface area contributed by atoms with Crippen LogP contribution in [0.25, 0.3) is 0 Å². The third-order valence-corrected chi connectivity index (χ3v) is 7.00. The molecule has 106 valence electrons. The Morgan fingerprint density at radius 3 is 2.32 bits per heavy atom. The van der Waals surface area contributed by atoms with Gasteiger partial charge in [-0.1, -0.05) is 17.7 Å². The molecule has 1 heterocycles. The second-order valence-electron chi connectivity index (χ2n) is 4.47. The minimum absolute atomic E-state index is 0.00381. The summed E-state index contributed by atoms with van der Waals surface area (Å²) < 4.78 is 48.5. The van der Waals surface area contributed by atoms with Crippen molar-refractivity contribution in [3.8, 4) is 0 Å². The smallest absolute Gasteiger partial charge is 0.229 e. The van der Waals surface area contributed by atoms with Crippen molar-refractivity contribution in [1.29, 1.82) is 0 Å². The third-order valence-electron chi connectivity index (χ3n) is 3.08. The van der Waals surface area contributed by atoms with Gasteiger partial charge in [0.2, 0.25) is 10.0 Å². The summed E-state index contributed by atoms with van der Waals surface area (Å²) in [6.07, 6.45) is 0. The van der Waals surface area contributed by atoms with E-state index in [4.69, 9.17) is 11.6 Å². The van der Waals surface area contributed by atoms with E-state index < -0.39 is 19.9 Å². The lowest BCUT2D eigenvalue weighted by Crippen LogP contribution is -2.43. The van der Waals surface area contributed by atoms with Crippen molar-refractivity contribution in [1.82, 2.24) is 4.31 Å². The molecule has 0 N–H and O–H groups in total. The van der Waals surface area contributed by atoms with E-state index in [1.807, 2.05) is 0 Å². The number of rotatable bonds is 2. The van der Waals surface area contributed by atoms with E-state index in [9.17, 15) is 16.8 Å². The number of benzene rings is 1. The number of hydrogen-bond donors (Lipinski definition) is 0. The second kappa shape index (κ2) is 5.05. The van der Waals surface area contributed by atoms with Gasteiger partial charge in [-0.15, -0.1) is 0 Å². The van der Waals surface area contributed by atoms with Crippen LogP contribution in [0, 0.1) is 6.92 Å². The van der Waals surface area contributed by atoms with E-state index in [1.165, 1.54) is 16.4 Å². The van der Waals surface area contributed by atoms with Crippen LogP contribution in [-0.2, 0) is 19.9 Å². The first-order valence-corrected chi connectivity index (χ1v) is 9.33. The topological polar surface area (TPSA) is 71.5 Å². The summed E-state index contributed by atoms with van der Waals surface area (Å²) in [5.74, 6) is -0.266. The van der Waals surface area contributed by atoms with E-state index in [2.05, 4.69) is 0 Å². The predicted molar refractivity (Wildman–Crippen MR) is 73.6 cm³/mol. The van der Waals surface area contributed by atoms with Crippen molar-refractivity contribution < 1.29 is 16.8 Å². The molecule has 1 aromatic carbocycles. The molecule has 0 atom stereocenters. The summed E-state index contributed by atoms with van der Waals surface area (Å²) in [4.78, 5) is 0.0994. The van der Waals surface area contributed by atoms with Crippen LogP contribution in [0.5, 0.6) is 0 Å². The van der Waals surface area contributed by atoms with Gasteiger partial charge in [0, 0.05) is 18.1 Å². The molecule has 0 amide bonds. The first-order valence-electron chi connectivity index (χ1n) is 5.69. The lowest BCUT2D eigenvalue weighted by atomic mass is 10.2. The minimum Gasteiger partial charge on any atom is -0.229 e. The van der Waals surface area contributed by atoms with E-state index in [0.29, 0.717) is 5.02 Å². The Morgan fingerprint density at radius 2 is 1.79 bits per heavy atom. The van der Waals surface area contributed by atoms with Crippen LogP contribution in [0.4, 0.5) is 0 Å². The molecule has 0 bridgehead atoms. The van der Waals surface area contributed by atoms with Crippen molar-refractivity contribution in [3.05, 3.63) is 28.8 Å². The molecule has 0 aromatic heterocycles. The molecular formula is C11H14ClNO4S2. The van der Waals surface area contributed by atoms with Crippen molar-refractivity contribution in [3.63, 3.8) is 0 Å². The van der Waals surface area contributed by atoms with E-state index in [0.717, 1.165) is 5.56 Å². The van der Waals surface area contributed by atoms with Crippen molar-refractivity contribution >= 4 is 31.5 Å². The number of aryl methyl sites for hydroxylation is 1. The van der Waals surface area contributed by atoms with E-state index in [-0.39, 0.29) is 29.5 Å². The van der Waals surface area contributed by atoms with Gasteiger partial charge in [0.15, 0.2) is 9.84 Å². The largest absolute Gasteiger partial charge is 0.243 e. The molecule has 2 rings (SSSR count). The van der Waals surface area contributed by atoms with Gasteiger partial charge < -0.3 is 0 Å². The molecule has 0 saturated carbocycles. The van der Waals surface area contributed by atoms with Crippen LogP contribution in [0.2, 0.25) is 5.02 Å². The van der Waals surface area contributed by atoms with Gasteiger partial charge >= 0.3 is 0 Å². The summed E-state index contributed by atoms with van der Waals surface area (Å²) in [5.41, 5.74) is 0.793. The van der Waals surface area contributed by atoms with Crippen LogP contribution in [-0.4, -0.2) is 45.7 Å². The van der Waals surface area contributed by atoms with Crippen molar-refractivity contribution in [2.24, 2.45) is 0 Å². The number of sulfonamides is 1. The Labute approximate surface area is 118 Å². The SMILES string of the molecule is Cc1ccc(S(=O)(=O)N2CCS(=O)(=O)CC2)cc1Cl. The first-order chi connectivity index (χ1) is 8.72. The molecule has 0 radical (unpaired) electrons. The van der Waals surface area contributed by atoms with Gasteiger partial charge in [-0.05, 0) is 24.6 Å². The quantitative estimate of drug-likeness (QED) is 0.816. The van der Waals surface area contributed by atoms with E-state index in [1.54, 1.807) is 13.0 Å². The van der Waals surface area contributed by atoms with Crippen molar-refractivity contribution in [2.45, 2.75) is 11.8 Å². The minimum atomic E-state index is -3.67. The van der Waals surface area contributed by atoms with Gasteiger partial charge in [-0.2, -0.15) is 4.31 Å². The monoisotopic (exact) mass is 323 g/mol. The normalized spacial score (nSPS) is 20.3. The highest BCUT2D eigenvalue weighted by molar-refractivity contribution is 7.92. The zero-order valence-electron chi connectivity index (χ0n) is 10.3. The fraction of sp³-hybridized carbons (Fsp3) is 0.455. The summed E-state index contributed by atoms with van der Waals surface area (Å²) in [6.45, 7) is 1.78. The fourth-order valence-electron chi connectivity index (χ4n) is 1.82. The molecular weight excluding hydrogens is 310 g/mol. The first kappa shape index (κ1) is 14.8. The molecule has 1 aliphatic heterocycles. The highest BCUT2D eigenvalue weighted by atomic mass is 35.5. The molecule has 0 unspecified atom stereocenters. The molecule has 1 aliphatic rings. The Morgan fingerprint density at radius 1 is 1.21 bits per heavy atom. The Kier molecular flexibility index (Phi) is 3.92. The number of sulfone groups is 1. The molecule has 1 saturated heterocycles. The number of halogens is 1. The van der Waals surface area contributed by atoms with Gasteiger partial charge in [0.25, 0.3) is 0 Å². The predicted octanol–water partition coefficient (Wildman–Crippen LogP) is 1.07. The van der Waals surface area contributed by atoms with Crippen LogP contribution in [0.3, 0.4) is 0 Å². The molecule has 0 spiro atoms. The van der Waals surface area contributed by atoms with Gasteiger partial charge in [-0.25, -0.2) is 16.8 Å². The van der Waals surface area contributed by atoms with Gasteiger partial charge in [0.05, 0.1) is 16.4 Å². The average Bonchev–Trinajstić information content (AvgIpc) is 2.32. The maximum Gasteiger partial charge on any atom is 0.243 e. The maximum absolute atomic E-state index is 12.3. The number of nitrogens with zero attached hydrogens (tertiary/aromatic N) is 1. The maximum atomic E-state index is 12.3. The van der Waals surface area contributed by atoms with Crippen LogP contribution in [0.1, 0.15) is 5.56 Å². The van der Waals surface area contributed by atoms with Crippen LogP contribution >= 0.6 is 11.6 Å². The fourth-order valence-corrected chi connectivity index (χ4v) is 4.96. The molecule has 1 aromatic rings. The zero-order chi connectivity index (χ0) is 14.3.